The van der Waals surface area contributed by atoms with Gasteiger partial charge >= 0.3 is 0 Å². The van der Waals surface area contributed by atoms with Crippen molar-refractivity contribution in [2.24, 2.45) is 0 Å². The number of hydrogen-bond donors (Lipinski definition) is 3. The van der Waals surface area contributed by atoms with E-state index in [9.17, 15) is 14.4 Å². The zero-order chi connectivity index (χ0) is 19.1. The molecule has 0 aliphatic rings. The quantitative estimate of drug-likeness (QED) is 0.704. The van der Waals surface area contributed by atoms with Crippen LogP contribution in [0.4, 0.5) is 0 Å². The van der Waals surface area contributed by atoms with E-state index < -0.39 is 17.9 Å². The van der Waals surface area contributed by atoms with E-state index in [4.69, 9.17) is 11.6 Å². The molecule has 0 aliphatic carbocycles. The van der Waals surface area contributed by atoms with Crippen LogP contribution in [0.25, 0.3) is 0 Å². The summed E-state index contributed by atoms with van der Waals surface area (Å²) in [7, 11) is 0. The fraction of sp³-hybridized carbons (Fsp3) is 0.211. The Morgan fingerprint density at radius 3 is 2.27 bits per heavy atom. The zero-order valence-corrected chi connectivity index (χ0v) is 15.3. The van der Waals surface area contributed by atoms with E-state index in [1.165, 1.54) is 6.92 Å². The van der Waals surface area contributed by atoms with Crippen LogP contribution in [-0.4, -0.2) is 17.7 Å². The fourth-order valence-electron chi connectivity index (χ4n) is 2.37. The number of benzene rings is 2. The van der Waals surface area contributed by atoms with Crippen molar-refractivity contribution in [3.8, 4) is 0 Å². The molecule has 1 unspecified atom stereocenters. The Kier molecular flexibility index (Phi) is 6.74. The van der Waals surface area contributed by atoms with Crippen LogP contribution < -0.4 is 16.2 Å². The van der Waals surface area contributed by atoms with Gasteiger partial charge in [0.25, 0.3) is 5.91 Å². The molecule has 0 heterocycles. The monoisotopic (exact) mass is 373 g/mol. The molecule has 2 rings (SSSR count). The lowest BCUT2D eigenvalue weighted by atomic mass is 10.0. The number of amides is 3. The highest BCUT2D eigenvalue weighted by atomic mass is 35.5. The second-order valence-corrected chi connectivity index (χ2v) is 6.26. The first-order chi connectivity index (χ1) is 12.4. The highest BCUT2D eigenvalue weighted by molar-refractivity contribution is 6.33. The van der Waals surface area contributed by atoms with Gasteiger partial charge in [-0.1, -0.05) is 53.6 Å². The molecule has 0 saturated heterocycles. The van der Waals surface area contributed by atoms with Crippen molar-refractivity contribution in [3.05, 3.63) is 70.2 Å². The Balaban J connectivity index is 1.98. The fourth-order valence-corrected chi connectivity index (χ4v) is 2.59. The maximum absolute atomic E-state index is 12.2. The molecule has 0 fully saturated rings. The molecule has 1 atom stereocenters. The van der Waals surface area contributed by atoms with Gasteiger partial charge in [0.1, 0.15) is 0 Å². The number of rotatable bonds is 5. The smallest absolute Gasteiger partial charge is 0.271 e. The van der Waals surface area contributed by atoms with Crippen molar-refractivity contribution in [2.75, 3.05) is 0 Å². The lowest BCUT2D eigenvalue weighted by Crippen LogP contribution is -2.43. The van der Waals surface area contributed by atoms with Crippen molar-refractivity contribution < 1.29 is 14.4 Å². The van der Waals surface area contributed by atoms with Gasteiger partial charge in [-0.05, 0) is 24.6 Å². The number of aryl methyl sites for hydroxylation is 1. The third-order valence-electron chi connectivity index (χ3n) is 3.68. The molecule has 0 saturated carbocycles. The summed E-state index contributed by atoms with van der Waals surface area (Å²) in [4.78, 5) is 35.7. The van der Waals surface area contributed by atoms with E-state index in [0.29, 0.717) is 0 Å². The van der Waals surface area contributed by atoms with Crippen LogP contribution in [0, 0.1) is 6.92 Å². The van der Waals surface area contributed by atoms with E-state index in [1.54, 1.807) is 24.3 Å². The molecule has 0 aliphatic heterocycles. The second-order valence-electron chi connectivity index (χ2n) is 5.85. The molecule has 26 heavy (non-hydrogen) atoms. The maximum atomic E-state index is 12.2. The summed E-state index contributed by atoms with van der Waals surface area (Å²) in [6.07, 6.45) is -0.0224. The molecule has 2 aromatic carbocycles. The van der Waals surface area contributed by atoms with Crippen LogP contribution in [0.5, 0.6) is 0 Å². The van der Waals surface area contributed by atoms with Crippen molar-refractivity contribution >= 4 is 29.3 Å². The Morgan fingerprint density at radius 1 is 1.00 bits per heavy atom. The van der Waals surface area contributed by atoms with Crippen molar-refractivity contribution in [2.45, 2.75) is 26.3 Å². The first-order valence-corrected chi connectivity index (χ1v) is 8.42. The van der Waals surface area contributed by atoms with E-state index in [-0.39, 0.29) is 22.9 Å². The zero-order valence-electron chi connectivity index (χ0n) is 14.5. The maximum Gasteiger partial charge on any atom is 0.271 e. The number of halogens is 1. The van der Waals surface area contributed by atoms with E-state index in [1.807, 2.05) is 31.2 Å². The average Bonchev–Trinajstić information content (AvgIpc) is 2.60. The molecule has 3 amide bonds. The minimum absolute atomic E-state index is 0.0224. The number of carbonyl (C=O) groups is 3. The predicted molar refractivity (Wildman–Crippen MR) is 99.4 cm³/mol. The molecular formula is C19H20ClN3O3. The minimum Gasteiger partial charge on any atom is -0.349 e. The first kappa shape index (κ1) is 19.5. The van der Waals surface area contributed by atoms with Gasteiger partial charge in [0.15, 0.2) is 0 Å². The molecule has 0 aromatic heterocycles. The van der Waals surface area contributed by atoms with Crippen LogP contribution in [0.15, 0.2) is 48.5 Å². The van der Waals surface area contributed by atoms with Gasteiger partial charge in [0.2, 0.25) is 11.8 Å². The molecule has 0 radical (unpaired) electrons. The van der Waals surface area contributed by atoms with E-state index in [0.717, 1.165) is 11.1 Å². The highest BCUT2D eigenvalue weighted by Gasteiger charge is 2.18. The molecule has 3 N–H and O–H groups in total. The SMILES string of the molecule is CC(=O)NC(CC(=O)NNC(=O)c1ccccc1Cl)c1ccc(C)cc1. The number of hydrazine groups is 1. The van der Waals surface area contributed by atoms with Crippen molar-refractivity contribution in [1.82, 2.24) is 16.2 Å². The molecule has 0 bridgehead atoms. The van der Waals surface area contributed by atoms with Crippen LogP contribution in [-0.2, 0) is 9.59 Å². The van der Waals surface area contributed by atoms with Gasteiger partial charge in [0.05, 0.1) is 23.0 Å². The van der Waals surface area contributed by atoms with Crippen LogP contribution in [0.2, 0.25) is 5.02 Å². The van der Waals surface area contributed by atoms with Crippen molar-refractivity contribution in [3.63, 3.8) is 0 Å². The Labute approximate surface area is 156 Å². The molecule has 136 valence electrons. The summed E-state index contributed by atoms with van der Waals surface area (Å²) in [5.74, 6) is -1.21. The van der Waals surface area contributed by atoms with Gasteiger partial charge < -0.3 is 5.32 Å². The summed E-state index contributed by atoms with van der Waals surface area (Å²) >= 11 is 5.95. The first-order valence-electron chi connectivity index (χ1n) is 8.04. The third-order valence-corrected chi connectivity index (χ3v) is 4.01. The third kappa shape index (κ3) is 5.60. The van der Waals surface area contributed by atoms with Crippen LogP contribution >= 0.6 is 11.6 Å². The lowest BCUT2D eigenvalue weighted by molar-refractivity contribution is -0.123. The van der Waals surface area contributed by atoms with Gasteiger partial charge in [-0.25, -0.2) is 0 Å². The molecular weight excluding hydrogens is 354 g/mol. The molecule has 6 nitrogen and oxygen atoms in total. The summed E-state index contributed by atoms with van der Waals surface area (Å²) < 4.78 is 0. The number of nitrogens with one attached hydrogen (secondary N) is 3. The standard InChI is InChI=1S/C19H20ClN3O3/c1-12-7-9-14(10-8-12)17(21-13(2)24)11-18(25)22-23-19(26)15-5-3-4-6-16(15)20/h3-10,17H,11H2,1-2H3,(H,21,24)(H,22,25)(H,23,26). The summed E-state index contributed by atoms with van der Waals surface area (Å²) in [5.41, 5.74) is 6.80. The average molecular weight is 374 g/mol. The van der Waals surface area contributed by atoms with Gasteiger partial charge in [0, 0.05) is 6.92 Å². The molecule has 7 heteroatoms. The van der Waals surface area contributed by atoms with E-state index >= 15 is 0 Å². The van der Waals surface area contributed by atoms with E-state index in [2.05, 4.69) is 16.2 Å². The largest absolute Gasteiger partial charge is 0.349 e. The van der Waals surface area contributed by atoms with Crippen LogP contribution in [0.3, 0.4) is 0 Å². The predicted octanol–water partition coefficient (Wildman–Crippen LogP) is 2.68. The number of carbonyl (C=O) groups excluding carboxylic acids is 3. The summed E-state index contributed by atoms with van der Waals surface area (Å²) in [6.45, 7) is 3.34. The Hall–Kier alpha value is -2.86. The van der Waals surface area contributed by atoms with Gasteiger partial charge in [-0.2, -0.15) is 0 Å². The minimum atomic E-state index is -0.518. The Bertz CT molecular complexity index is 806. The van der Waals surface area contributed by atoms with Crippen molar-refractivity contribution in [1.29, 1.82) is 0 Å². The van der Waals surface area contributed by atoms with Gasteiger partial charge in [-0.3, -0.25) is 25.2 Å². The van der Waals surface area contributed by atoms with Crippen LogP contribution in [0.1, 0.15) is 40.9 Å². The lowest BCUT2D eigenvalue weighted by Gasteiger charge is -2.18. The normalized spacial score (nSPS) is 11.3. The Morgan fingerprint density at radius 2 is 1.65 bits per heavy atom. The highest BCUT2D eigenvalue weighted by Crippen LogP contribution is 2.18. The number of hydrogen-bond acceptors (Lipinski definition) is 3. The summed E-state index contributed by atoms with van der Waals surface area (Å²) in [5, 5.41) is 3.03. The second kappa shape index (κ2) is 9.01. The molecule has 2 aromatic rings. The summed E-state index contributed by atoms with van der Waals surface area (Å²) in [6, 6.07) is 13.5. The topological polar surface area (TPSA) is 87.3 Å². The van der Waals surface area contributed by atoms with Gasteiger partial charge in [-0.15, -0.1) is 0 Å². The molecule has 0 spiro atoms.